The molecule has 0 saturated heterocycles. The number of imidazole rings is 1. The third kappa shape index (κ3) is 2.13. The van der Waals surface area contributed by atoms with Crippen LogP contribution in [0.15, 0.2) is 23.0 Å². The van der Waals surface area contributed by atoms with E-state index in [1.54, 1.807) is 10.6 Å². The smallest absolute Gasteiger partial charge is 0.308 e. The molecule has 0 spiro atoms. The molecule has 0 bridgehead atoms. The van der Waals surface area contributed by atoms with E-state index in [4.69, 9.17) is 11.6 Å². The number of fused-ring (bicyclic) bond motifs is 1. The lowest BCUT2D eigenvalue weighted by atomic mass is 10.3. The fraction of sp³-hybridized carbons (Fsp3) is 0.364. The molecule has 5 heteroatoms. The predicted molar refractivity (Wildman–Crippen MR) is 66.1 cm³/mol. The monoisotopic (exact) mass is 239 g/mol. The molecule has 0 aliphatic rings. The van der Waals surface area contributed by atoms with Crippen molar-refractivity contribution in [1.82, 2.24) is 14.5 Å². The van der Waals surface area contributed by atoms with Crippen LogP contribution in [0.25, 0.3) is 11.0 Å². The standard InChI is InChI=1S/C11H14ClN3O/c1-14(2)5-6-15-10-7-8(12)3-4-9(10)13-11(15)16/h3-4,7H,5-6H2,1-2H3,(H,13,16). The third-order valence-corrected chi connectivity index (χ3v) is 2.74. The van der Waals surface area contributed by atoms with Gasteiger partial charge in [0.1, 0.15) is 0 Å². The highest BCUT2D eigenvalue weighted by Crippen LogP contribution is 2.16. The summed E-state index contributed by atoms with van der Waals surface area (Å²) in [4.78, 5) is 16.6. The van der Waals surface area contributed by atoms with E-state index in [1.807, 2.05) is 31.1 Å². The lowest BCUT2D eigenvalue weighted by Crippen LogP contribution is -2.24. The Morgan fingerprint density at radius 2 is 2.19 bits per heavy atom. The Morgan fingerprint density at radius 1 is 1.44 bits per heavy atom. The molecule has 1 N–H and O–H groups in total. The summed E-state index contributed by atoms with van der Waals surface area (Å²) in [6.45, 7) is 1.48. The quantitative estimate of drug-likeness (QED) is 0.883. The minimum atomic E-state index is -0.0842. The van der Waals surface area contributed by atoms with Gasteiger partial charge in [-0.1, -0.05) is 11.6 Å². The van der Waals surface area contributed by atoms with Crippen molar-refractivity contribution >= 4 is 22.6 Å². The normalized spacial score (nSPS) is 11.5. The zero-order valence-corrected chi connectivity index (χ0v) is 10.1. The minimum absolute atomic E-state index is 0.0842. The van der Waals surface area contributed by atoms with E-state index in [9.17, 15) is 4.79 Å². The molecule has 2 aromatic rings. The maximum atomic E-state index is 11.7. The van der Waals surface area contributed by atoms with Crippen LogP contribution in [0.5, 0.6) is 0 Å². The van der Waals surface area contributed by atoms with E-state index in [-0.39, 0.29) is 5.69 Å². The SMILES string of the molecule is CN(C)CCn1c(=O)[nH]c2ccc(Cl)cc21. The van der Waals surface area contributed by atoms with Crippen LogP contribution in [-0.2, 0) is 6.54 Å². The number of halogens is 1. The number of rotatable bonds is 3. The summed E-state index contributed by atoms with van der Waals surface area (Å²) in [7, 11) is 3.96. The second-order valence-electron chi connectivity index (χ2n) is 4.05. The highest BCUT2D eigenvalue weighted by Gasteiger charge is 2.06. The van der Waals surface area contributed by atoms with Crippen LogP contribution in [0.1, 0.15) is 0 Å². The molecule has 1 aromatic carbocycles. The summed E-state index contributed by atoms with van der Waals surface area (Å²) in [5.41, 5.74) is 1.60. The molecule has 0 aliphatic carbocycles. The lowest BCUT2D eigenvalue weighted by Gasteiger charge is -2.09. The lowest BCUT2D eigenvalue weighted by molar-refractivity contribution is 0.384. The van der Waals surface area contributed by atoms with Crippen LogP contribution in [0.4, 0.5) is 0 Å². The van der Waals surface area contributed by atoms with Gasteiger partial charge < -0.3 is 9.88 Å². The van der Waals surface area contributed by atoms with Gasteiger partial charge in [-0.05, 0) is 32.3 Å². The molecule has 0 atom stereocenters. The molecule has 0 radical (unpaired) electrons. The summed E-state index contributed by atoms with van der Waals surface area (Å²) in [5, 5.41) is 0.644. The molecule has 1 heterocycles. The largest absolute Gasteiger partial charge is 0.326 e. The third-order valence-electron chi connectivity index (χ3n) is 2.51. The highest BCUT2D eigenvalue weighted by atomic mass is 35.5. The van der Waals surface area contributed by atoms with Gasteiger partial charge in [-0.2, -0.15) is 0 Å². The molecule has 0 unspecified atom stereocenters. The Labute approximate surface area is 98.4 Å². The first kappa shape index (κ1) is 11.2. The van der Waals surface area contributed by atoms with Crippen molar-refractivity contribution in [2.45, 2.75) is 6.54 Å². The van der Waals surface area contributed by atoms with E-state index < -0.39 is 0 Å². The van der Waals surface area contributed by atoms with Gasteiger partial charge in [-0.15, -0.1) is 0 Å². The van der Waals surface area contributed by atoms with Crippen molar-refractivity contribution in [2.75, 3.05) is 20.6 Å². The van der Waals surface area contributed by atoms with Crippen molar-refractivity contribution in [3.63, 3.8) is 0 Å². The van der Waals surface area contributed by atoms with Gasteiger partial charge in [0.2, 0.25) is 0 Å². The Bertz CT molecular complexity index is 556. The van der Waals surface area contributed by atoms with Crippen LogP contribution >= 0.6 is 11.6 Å². The van der Waals surface area contributed by atoms with E-state index in [2.05, 4.69) is 4.98 Å². The van der Waals surface area contributed by atoms with Crippen molar-refractivity contribution in [3.8, 4) is 0 Å². The Kier molecular flexibility index (Phi) is 3.03. The van der Waals surface area contributed by atoms with Crippen LogP contribution in [-0.4, -0.2) is 35.1 Å². The second-order valence-corrected chi connectivity index (χ2v) is 4.48. The van der Waals surface area contributed by atoms with Gasteiger partial charge in [-0.25, -0.2) is 4.79 Å². The number of nitrogens with one attached hydrogen (secondary N) is 1. The number of nitrogens with zero attached hydrogens (tertiary/aromatic N) is 2. The Balaban J connectivity index is 2.46. The number of hydrogen-bond acceptors (Lipinski definition) is 2. The topological polar surface area (TPSA) is 41.0 Å². The molecule has 86 valence electrons. The molecule has 0 amide bonds. The fourth-order valence-corrected chi connectivity index (χ4v) is 1.81. The summed E-state index contributed by atoms with van der Waals surface area (Å²) >= 11 is 5.92. The van der Waals surface area contributed by atoms with Crippen molar-refractivity contribution < 1.29 is 0 Å². The average molecular weight is 240 g/mol. The molecule has 16 heavy (non-hydrogen) atoms. The number of aromatic nitrogens is 2. The van der Waals surface area contributed by atoms with Gasteiger partial charge in [0.05, 0.1) is 11.0 Å². The number of hydrogen-bond donors (Lipinski definition) is 1. The zero-order chi connectivity index (χ0) is 11.7. The van der Waals surface area contributed by atoms with Gasteiger partial charge >= 0.3 is 5.69 Å². The van der Waals surface area contributed by atoms with Crippen LogP contribution in [0.3, 0.4) is 0 Å². The molecular weight excluding hydrogens is 226 g/mol. The van der Waals surface area contributed by atoms with Gasteiger partial charge in [0, 0.05) is 18.1 Å². The summed E-state index contributed by atoms with van der Waals surface area (Å²) in [5.74, 6) is 0. The number of benzene rings is 1. The predicted octanol–water partition coefficient (Wildman–Crippen LogP) is 1.54. The van der Waals surface area contributed by atoms with Crippen LogP contribution in [0.2, 0.25) is 5.02 Å². The zero-order valence-electron chi connectivity index (χ0n) is 9.33. The van der Waals surface area contributed by atoms with Gasteiger partial charge in [-0.3, -0.25) is 4.57 Å². The van der Waals surface area contributed by atoms with E-state index in [1.165, 1.54) is 0 Å². The first-order valence-electron chi connectivity index (χ1n) is 5.11. The van der Waals surface area contributed by atoms with Gasteiger partial charge in [0.15, 0.2) is 0 Å². The summed E-state index contributed by atoms with van der Waals surface area (Å²) in [6.07, 6.45) is 0. The van der Waals surface area contributed by atoms with E-state index >= 15 is 0 Å². The molecule has 4 nitrogen and oxygen atoms in total. The maximum Gasteiger partial charge on any atom is 0.326 e. The number of H-pyrrole nitrogens is 1. The highest BCUT2D eigenvalue weighted by molar-refractivity contribution is 6.31. The van der Waals surface area contributed by atoms with E-state index in [0.717, 1.165) is 17.6 Å². The Morgan fingerprint density at radius 3 is 2.88 bits per heavy atom. The minimum Gasteiger partial charge on any atom is -0.308 e. The van der Waals surface area contributed by atoms with Crippen molar-refractivity contribution in [2.24, 2.45) is 0 Å². The number of likely N-dealkylation sites (N-methyl/N-ethyl adjacent to an activating group) is 1. The molecule has 0 saturated carbocycles. The first-order valence-corrected chi connectivity index (χ1v) is 5.48. The average Bonchev–Trinajstić information content (AvgIpc) is 2.51. The van der Waals surface area contributed by atoms with Crippen molar-refractivity contribution in [1.29, 1.82) is 0 Å². The first-order chi connectivity index (χ1) is 7.58. The maximum absolute atomic E-state index is 11.7. The molecule has 2 rings (SSSR count). The number of aromatic amines is 1. The summed E-state index contributed by atoms with van der Waals surface area (Å²) in [6, 6.07) is 5.41. The van der Waals surface area contributed by atoms with E-state index in [0.29, 0.717) is 11.6 Å². The molecule has 0 aliphatic heterocycles. The Hall–Kier alpha value is -1.26. The molecule has 0 fully saturated rings. The second kappa shape index (κ2) is 4.31. The summed E-state index contributed by atoms with van der Waals surface area (Å²) < 4.78 is 1.71. The molecular formula is C11H14ClN3O. The molecule has 1 aromatic heterocycles. The van der Waals surface area contributed by atoms with Crippen LogP contribution in [0, 0.1) is 0 Å². The van der Waals surface area contributed by atoms with Gasteiger partial charge in [0.25, 0.3) is 0 Å². The fourth-order valence-electron chi connectivity index (χ4n) is 1.65. The van der Waals surface area contributed by atoms with Crippen molar-refractivity contribution in [3.05, 3.63) is 33.7 Å². The van der Waals surface area contributed by atoms with Crippen LogP contribution < -0.4 is 5.69 Å².